The number of fused-ring (bicyclic) bond motifs is 1. The minimum atomic E-state index is -0.777. The molecule has 0 saturated carbocycles. The van der Waals surface area contributed by atoms with Crippen molar-refractivity contribution in [2.45, 2.75) is 12.5 Å². The fourth-order valence-electron chi connectivity index (χ4n) is 1.66. The van der Waals surface area contributed by atoms with E-state index in [0.717, 1.165) is 0 Å². The van der Waals surface area contributed by atoms with Gasteiger partial charge in [0.1, 0.15) is 0 Å². The Bertz CT molecular complexity index is 457. The van der Waals surface area contributed by atoms with E-state index in [1.54, 1.807) is 12.1 Å². The monoisotopic (exact) mass is 223 g/mol. The average molecular weight is 223 g/mol. The van der Waals surface area contributed by atoms with Crippen molar-refractivity contribution >= 4 is 11.7 Å². The van der Waals surface area contributed by atoms with Gasteiger partial charge >= 0.3 is 11.7 Å². The highest BCUT2D eigenvalue weighted by molar-refractivity contribution is 5.77. The number of rotatable bonds is 2. The number of benzene rings is 1. The number of methoxy groups -OCH3 is 1. The zero-order valence-corrected chi connectivity index (χ0v) is 8.50. The van der Waals surface area contributed by atoms with E-state index < -0.39 is 17.0 Å². The second-order valence-corrected chi connectivity index (χ2v) is 3.36. The van der Waals surface area contributed by atoms with Gasteiger partial charge in [0.05, 0.1) is 12.0 Å². The molecular weight excluding hydrogens is 214 g/mol. The Balaban J connectivity index is 2.34. The number of esters is 1. The number of nitrogens with zero attached hydrogens (tertiary/aromatic N) is 1. The van der Waals surface area contributed by atoms with Crippen LogP contribution in [-0.4, -0.2) is 24.1 Å². The fraction of sp³-hybridized carbons (Fsp3) is 0.300. The molecular formula is C10H9NO5. The Labute approximate surface area is 90.9 Å². The zero-order chi connectivity index (χ0) is 11.7. The van der Waals surface area contributed by atoms with Crippen molar-refractivity contribution in [2.24, 2.45) is 0 Å². The van der Waals surface area contributed by atoms with Crippen molar-refractivity contribution in [1.82, 2.24) is 0 Å². The summed E-state index contributed by atoms with van der Waals surface area (Å²) in [5, 5.41) is 10.7. The lowest BCUT2D eigenvalue weighted by molar-refractivity contribution is -0.385. The number of carbonyl (C=O) groups excluding carboxylic acids is 1. The van der Waals surface area contributed by atoms with E-state index in [1.807, 2.05) is 0 Å². The number of ether oxygens (including phenoxy) is 2. The van der Waals surface area contributed by atoms with E-state index in [4.69, 9.17) is 4.74 Å². The number of nitro benzene ring substituents is 1. The number of hydrogen-bond donors (Lipinski definition) is 0. The minimum absolute atomic E-state index is 0.121. The third-order valence-corrected chi connectivity index (χ3v) is 2.40. The maximum atomic E-state index is 11.2. The second-order valence-electron chi connectivity index (χ2n) is 3.36. The van der Waals surface area contributed by atoms with Crippen molar-refractivity contribution in [2.75, 3.05) is 7.11 Å². The lowest BCUT2D eigenvalue weighted by Crippen LogP contribution is -2.26. The van der Waals surface area contributed by atoms with Crippen molar-refractivity contribution < 1.29 is 19.2 Å². The van der Waals surface area contributed by atoms with Crippen LogP contribution >= 0.6 is 0 Å². The maximum Gasteiger partial charge on any atom is 0.347 e. The minimum Gasteiger partial charge on any atom is -0.471 e. The second kappa shape index (κ2) is 3.80. The van der Waals surface area contributed by atoms with Crippen LogP contribution in [0.1, 0.15) is 5.56 Å². The molecule has 1 aromatic rings. The molecule has 0 saturated heterocycles. The van der Waals surface area contributed by atoms with E-state index in [2.05, 4.69) is 4.74 Å². The summed E-state index contributed by atoms with van der Waals surface area (Å²) in [5.41, 5.74) is 0.536. The van der Waals surface area contributed by atoms with Gasteiger partial charge in [0.15, 0.2) is 6.10 Å². The van der Waals surface area contributed by atoms with Crippen LogP contribution in [0.25, 0.3) is 0 Å². The first-order chi connectivity index (χ1) is 7.63. The molecule has 1 atom stereocenters. The van der Waals surface area contributed by atoms with Crippen LogP contribution in [0.3, 0.4) is 0 Å². The standard InChI is InChI=1S/C10H9NO5/c1-15-10(12)8-5-6-3-2-4-7(11(13)14)9(6)16-8/h2-4,8H,5H2,1H3. The average Bonchev–Trinajstić information content (AvgIpc) is 2.70. The molecule has 84 valence electrons. The highest BCUT2D eigenvalue weighted by Gasteiger charge is 2.34. The highest BCUT2D eigenvalue weighted by atomic mass is 16.6. The molecule has 0 aromatic heterocycles. The van der Waals surface area contributed by atoms with Crippen molar-refractivity contribution in [3.05, 3.63) is 33.9 Å². The van der Waals surface area contributed by atoms with Crippen LogP contribution in [0.2, 0.25) is 0 Å². The summed E-state index contributed by atoms with van der Waals surface area (Å²) in [7, 11) is 1.25. The number of para-hydroxylation sites is 1. The van der Waals surface area contributed by atoms with Gasteiger partial charge in [-0.1, -0.05) is 12.1 Å². The Morgan fingerprint density at radius 2 is 2.38 bits per heavy atom. The molecule has 1 aromatic carbocycles. The summed E-state index contributed by atoms with van der Waals surface area (Å²) in [6, 6.07) is 4.61. The maximum absolute atomic E-state index is 11.2. The number of hydrogen-bond acceptors (Lipinski definition) is 5. The molecule has 0 aliphatic carbocycles. The molecule has 0 N–H and O–H groups in total. The molecule has 1 unspecified atom stereocenters. The van der Waals surface area contributed by atoms with E-state index in [0.29, 0.717) is 12.0 Å². The summed E-state index contributed by atoms with van der Waals surface area (Å²) < 4.78 is 9.77. The van der Waals surface area contributed by atoms with Crippen LogP contribution in [0.4, 0.5) is 5.69 Å². The Kier molecular flexibility index (Phi) is 2.47. The normalized spacial score (nSPS) is 17.4. The van der Waals surface area contributed by atoms with Gasteiger partial charge in [-0.15, -0.1) is 0 Å². The lowest BCUT2D eigenvalue weighted by atomic mass is 10.1. The molecule has 1 heterocycles. The molecule has 0 fully saturated rings. The molecule has 2 rings (SSSR count). The first-order valence-corrected chi connectivity index (χ1v) is 4.64. The van der Waals surface area contributed by atoms with Crippen molar-refractivity contribution in [3.63, 3.8) is 0 Å². The van der Waals surface area contributed by atoms with E-state index in [-0.39, 0.29) is 11.4 Å². The van der Waals surface area contributed by atoms with Crippen LogP contribution < -0.4 is 4.74 Å². The third kappa shape index (κ3) is 1.58. The van der Waals surface area contributed by atoms with Gasteiger partial charge < -0.3 is 9.47 Å². The number of carbonyl (C=O) groups is 1. The molecule has 0 radical (unpaired) electrons. The Morgan fingerprint density at radius 1 is 1.62 bits per heavy atom. The predicted molar refractivity (Wildman–Crippen MR) is 53.2 cm³/mol. The molecule has 16 heavy (non-hydrogen) atoms. The molecule has 0 bridgehead atoms. The van der Waals surface area contributed by atoms with E-state index >= 15 is 0 Å². The first kappa shape index (κ1) is 10.4. The topological polar surface area (TPSA) is 78.7 Å². The smallest absolute Gasteiger partial charge is 0.347 e. The van der Waals surface area contributed by atoms with E-state index in [1.165, 1.54) is 13.2 Å². The third-order valence-electron chi connectivity index (χ3n) is 2.40. The predicted octanol–water partition coefficient (Wildman–Crippen LogP) is 1.07. The van der Waals surface area contributed by atoms with Gasteiger partial charge in [-0.25, -0.2) is 4.79 Å². The molecule has 6 heteroatoms. The quantitative estimate of drug-likeness (QED) is 0.425. The molecule has 0 amide bonds. The lowest BCUT2D eigenvalue weighted by Gasteiger charge is -2.06. The van der Waals surface area contributed by atoms with Crippen LogP contribution in [0.5, 0.6) is 5.75 Å². The van der Waals surface area contributed by atoms with Gasteiger partial charge in [0, 0.05) is 18.1 Å². The molecule has 1 aliphatic heterocycles. The Hall–Kier alpha value is -2.11. The highest BCUT2D eigenvalue weighted by Crippen LogP contribution is 2.37. The van der Waals surface area contributed by atoms with Gasteiger partial charge in [0.25, 0.3) is 0 Å². The molecule has 1 aliphatic rings. The zero-order valence-electron chi connectivity index (χ0n) is 8.50. The van der Waals surface area contributed by atoms with Gasteiger partial charge in [-0.05, 0) is 0 Å². The van der Waals surface area contributed by atoms with Crippen molar-refractivity contribution in [1.29, 1.82) is 0 Å². The van der Waals surface area contributed by atoms with Crippen molar-refractivity contribution in [3.8, 4) is 5.75 Å². The van der Waals surface area contributed by atoms with Crippen LogP contribution in [0, 0.1) is 10.1 Å². The van der Waals surface area contributed by atoms with Crippen LogP contribution in [-0.2, 0) is 16.0 Å². The summed E-state index contributed by atoms with van der Waals surface area (Å²) in [6.07, 6.45) is -0.468. The SMILES string of the molecule is COC(=O)C1Cc2cccc([N+](=O)[O-])c2O1. The summed E-state index contributed by atoms with van der Waals surface area (Å²) in [4.78, 5) is 21.4. The van der Waals surface area contributed by atoms with Crippen LogP contribution in [0.15, 0.2) is 18.2 Å². The van der Waals surface area contributed by atoms with Gasteiger partial charge in [0.2, 0.25) is 5.75 Å². The van der Waals surface area contributed by atoms with Gasteiger partial charge in [-0.3, -0.25) is 10.1 Å². The molecule has 0 spiro atoms. The first-order valence-electron chi connectivity index (χ1n) is 4.64. The summed E-state index contributed by atoms with van der Waals surface area (Å²) in [5.74, 6) is -0.353. The summed E-state index contributed by atoms with van der Waals surface area (Å²) >= 11 is 0. The Morgan fingerprint density at radius 3 is 3.00 bits per heavy atom. The van der Waals surface area contributed by atoms with Gasteiger partial charge in [-0.2, -0.15) is 0 Å². The molecule has 6 nitrogen and oxygen atoms in total. The number of nitro groups is 1. The largest absolute Gasteiger partial charge is 0.471 e. The summed E-state index contributed by atoms with van der Waals surface area (Å²) in [6.45, 7) is 0. The van der Waals surface area contributed by atoms with E-state index in [9.17, 15) is 14.9 Å². The fourth-order valence-corrected chi connectivity index (χ4v) is 1.66.